The van der Waals surface area contributed by atoms with Crippen molar-refractivity contribution >= 4 is 10.8 Å². The van der Waals surface area contributed by atoms with Crippen molar-refractivity contribution in [1.82, 2.24) is 4.98 Å². The van der Waals surface area contributed by atoms with Crippen molar-refractivity contribution in [3.63, 3.8) is 0 Å². The van der Waals surface area contributed by atoms with Crippen LogP contribution in [0, 0.1) is 5.82 Å². The van der Waals surface area contributed by atoms with Crippen LogP contribution in [-0.2, 0) is 0 Å². The lowest BCUT2D eigenvalue weighted by Gasteiger charge is -2.15. The molecule has 1 heterocycles. The molecule has 0 radical (unpaired) electrons. The Morgan fingerprint density at radius 2 is 2.05 bits per heavy atom. The number of nitrogens with two attached hydrogens (primary N) is 1. The molecule has 3 aromatic rings. The average molecular weight is 282 g/mol. The van der Waals surface area contributed by atoms with E-state index in [4.69, 9.17) is 10.5 Å². The number of pyridine rings is 1. The molecule has 3 nitrogen and oxygen atoms in total. The van der Waals surface area contributed by atoms with Gasteiger partial charge < -0.3 is 10.5 Å². The lowest BCUT2D eigenvalue weighted by atomic mass is 9.95. The van der Waals surface area contributed by atoms with Crippen LogP contribution in [-0.4, -0.2) is 12.1 Å². The Morgan fingerprint density at radius 1 is 1.19 bits per heavy atom. The third kappa shape index (κ3) is 2.45. The minimum Gasteiger partial charge on any atom is -0.494 e. The van der Waals surface area contributed by atoms with Crippen LogP contribution in [0.5, 0.6) is 5.75 Å². The Balaban J connectivity index is 2.08. The summed E-state index contributed by atoms with van der Waals surface area (Å²) in [6.07, 6.45) is 3.52. The molecular weight excluding hydrogens is 267 g/mol. The van der Waals surface area contributed by atoms with Crippen LogP contribution in [0.25, 0.3) is 10.8 Å². The lowest BCUT2D eigenvalue weighted by Crippen LogP contribution is -2.12. The minimum absolute atomic E-state index is 0.213. The fourth-order valence-corrected chi connectivity index (χ4v) is 2.46. The van der Waals surface area contributed by atoms with Gasteiger partial charge in [-0.2, -0.15) is 0 Å². The fraction of sp³-hybridized carbons (Fsp3) is 0.118. The molecule has 0 saturated carbocycles. The van der Waals surface area contributed by atoms with Crippen LogP contribution in [0.4, 0.5) is 4.39 Å². The number of hydrogen-bond acceptors (Lipinski definition) is 3. The molecular formula is C17H15FN2O. The number of rotatable bonds is 3. The highest BCUT2D eigenvalue weighted by Crippen LogP contribution is 2.29. The van der Waals surface area contributed by atoms with Crippen molar-refractivity contribution in [2.45, 2.75) is 6.04 Å². The Morgan fingerprint density at radius 3 is 2.81 bits per heavy atom. The van der Waals surface area contributed by atoms with Crippen molar-refractivity contribution in [1.29, 1.82) is 0 Å². The summed E-state index contributed by atoms with van der Waals surface area (Å²) in [5.41, 5.74) is 7.93. The Labute approximate surface area is 122 Å². The lowest BCUT2D eigenvalue weighted by molar-refractivity contribution is 0.386. The molecule has 1 unspecified atom stereocenters. The molecule has 0 aliphatic heterocycles. The first-order valence-electron chi connectivity index (χ1n) is 6.62. The van der Waals surface area contributed by atoms with E-state index in [1.165, 1.54) is 13.2 Å². The zero-order chi connectivity index (χ0) is 14.8. The highest BCUT2D eigenvalue weighted by Gasteiger charge is 2.14. The maximum atomic E-state index is 13.8. The van der Waals surface area contributed by atoms with Gasteiger partial charge in [0, 0.05) is 17.8 Å². The molecule has 0 aliphatic carbocycles. The first kappa shape index (κ1) is 13.5. The summed E-state index contributed by atoms with van der Waals surface area (Å²) in [4.78, 5) is 4.14. The quantitative estimate of drug-likeness (QED) is 0.800. The molecule has 21 heavy (non-hydrogen) atoms. The molecule has 0 spiro atoms. The van der Waals surface area contributed by atoms with Gasteiger partial charge in [0.05, 0.1) is 13.2 Å². The van der Waals surface area contributed by atoms with E-state index in [0.29, 0.717) is 5.56 Å². The number of hydrogen-bond donors (Lipinski definition) is 1. The Bertz CT molecular complexity index is 783. The second-order valence-electron chi connectivity index (χ2n) is 4.82. The van der Waals surface area contributed by atoms with Gasteiger partial charge in [-0.3, -0.25) is 4.98 Å². The van der Waals surface area contributed by atoms with Crippen molar-refractivity contribution in [3.8, 4) is 5.75 Å². The van der Waals surface area contributed by atoms with E-state index in [1.807, 2.05) is 24.3 Å². The maximum absolute atomic E-state index is 13.8. The van der Waals surface area contributed by atoms with E-state index >= 15 is 0 Å². The molecule has 0 saturated heterocycles. The van der Waals surface area contributed by atoms with E-state index in [0.717, 1.165) is 16.3 Å². The molecule has 4 heteroatoms. The van der Waals surface area contributed by atoms with Gasteiger partial charge in [0.2, 0.25) is 0 Å². The Kier molecular flexibility index (Phi) is 3.54. The largest absolute Gasteiger partial charge is 0.494 e. The number of methoxy groups -OCH3 is 1. The summed E-state index contributed by atoms with van der Waals surface area (Å²) < 4.78 is 18.8. The predicted molar refractivity (Wildman–Crippen MR) is 80.7 cm³/mol. The highest BCUT2D eigenvalue weighted by atomic mass is 19.1. The maximum Gasteiger partial charge on any atom is 0.165 e. The van der Waals surface area contributed by atoms with Crippen molar-refractivity contribution in [2.24, 2.45) is 5.73 Å². The summed E-state index contributed by atoms with van der Waals surface area (Å²) in [7, 11) is 1.44. The highest BCUT2D eigenvalue weighted by molar-refractivity contribution is 5.85. The van der Waals surface area contributed by atoms with Gasteiger partial charge in [-0.25, -0.2) is 4.39 Å². The van der Waals surface area contributed by atoms with Crippen LogP contribution < -0.4 is 10.5 Å². The fourth-order valence-electron chi connectivity index (χ4n) is 2.46. The van der Waals surface area contributed by atoms with Gasteiger partial charge in [0.25, 0.3) is 0 Å². The van der Waals surface area contributed by atoms with E-state index < -0.39 is 11.9 Å². The molecule has 0 bridgehead atoms. The van der Waals surface area contributed by atoms with Gasteiger partial charge in [0.1, 0.15) is 0 Å². The van der Waals surface area contributed by atoms with Gasteiger partial charge >= 0.3 is 0 Å². The van der Waals surface area contributed by atoms with Crippen LogP contribution in [0.15, 0.2) is 54.9 Å². The van der Waals surface area contributed by atoms with Crippen molar-refractivity contribution < 1.29 is 9.13 Å². The molecule has 106 valence electrons. The SMILES string of the molecule is COc1ccc(C(N)c2cccc3ccncc23)cc1F. The van der Waals surface area contributed by atoms with E-state index in [9.17, 15) is 4.39 Å². The smallest absolute Gasteiger partial charge is 0.165 e. The van der Waals surface area contributed by atoms with Crippen molar-refractivity contribution in [2.75, 3.05) is 7.11 Å². The number of aromatic nitrogens is 1. The van der Waals surface area contributed by atoms with E-state index in [2.05, 4.69) is 4.98 Å². The molecule has 3 rings (SSSR count). The molecule has 0 amide bonds. The summed E-state index contributed by atoms with van der Waals surface area (Å²) in [6.45, 7) is 0. The molecule has 1 atom stereocenters. The van der Waals surface area contributed by atoms with Crippen LogP contribution in [0.1, 0.15) is 17.2 Å². The van der Waals surface area contributed by atoms with E-state index in [1.54, 1.807) is 24.5 Å². The number of ether oxygens (including phenoxy) is 1. The first-order chi connectivity index (χ1) is 10.2. The molecule has 2 N–H and O–H groups in total. The summed E-state index contributed by atoms with van der Waals surface area (Å²) >= 11 is 0. The minimum atomic E-state index is -0.418. The van der Waals surface area contributed by atoms with Gasteiger partial charge in [-0.15, -0.1) is 0 Å². The third-order valence-corrected chi connectivity index (χ3v) is 3.59. The van der Waals surface area contributed by atoms with E-state index in [-0.39, 0.29) is 5.75 Å². The number of halogens is 1. The third-order valence-electron chi connectivity index (χ3n) is 3.59. The van der Waals surface area contributed by atoms with Crippen LogP contribution in [0.3, 0.4) is 0 Å². The van der Waals surface area contributed by atoms with Crippen LogP contribution >= 0.6 is 0 Å². The second kappa shape index (κ2) is 5.50. The average Bonchev–Trinajstić information content (AvgIpc) is 2.53. The summed E-state index contributed by atoms with van der Waals surface area (Å²) in [5, 5.41) is 2.04. The zero-order valence-corrected chi connectivity index (χ0v) is 11.6. The molecule has 0 fully saturated rings. The summed E-state index contributed by atoms with van der Waals surface area (Å²) in [6, 6.07) is 12.2. The van der Waals surface area contributed by atoms with Gasteiger partial charge in [-0.05, 0) is 34.7 Å². The van der Waals surface area contributed by atoms with Gasteiger partial charge in [-0.1, -0.05) is 24.3 Å². The Hall–Kier alpha value is -2.46. The normalized spacial score (nSPS) is 12.3. The van der Waals surface area contributed by atoms with Crippen molar-refractivity contribution in [3.05, 3.63) is 71.8 Å². The first-order valence-corrected chi connectivity index (χ1v) is 6.62. The number of nitrogens with zero attached hydrogens (tertiary/aromatic N) is 1. The second-order valence-corrected chi connectivity index (χ2v) is 4.82. The van der Waals surface area contributed by atoms with Gasteiger partial charge in [0.15, 0.2) is 11.6 Å². The van der Waals surface area contributed by atoms with Crippen LogP contribution in [0.2, 0.25) is 0 Å². The zero-order valence-electron chi connectivity index (χ0n) is 11.6. The molecule has 2 aromatic carbocycles. The topological polar surface area (TPSA) is 48.1 Å². The molecule has 1 aromatic heterocycles. The number of fused-ring (bicyclic) bond motifs is 1. The standard InChI is InChI=1S/C17H15FN2O/c1-21-16-6-5-12(9-15(16)18)17(19)13-4-2-3-11-7-8-20-10-14(11)13/h2-10,17H,19H2,1H3. The predicted octanol–water partition coefficient (Wildman–Crippen LogP) is 3.43. The summed E-state index contributed by atoms with van der Waals surface area (Å²) in [5.74, 6) is -0.200. The monoisotopic (exact) mass is 282 g/mol. The number of benzene rings is 2. The molecule has 0 aliphatic rings.